The molecule has 2 rings (SSSR count). The first-order valence-electron chi connectivity index (χ1n) is 8.56. The molecule has 0 saturated carbocycles. The number of methoxy groups -OCH3 is 2. The summed E-state index contributed by atoms with van der Waals surface area (Å²) in [6.45, 7) is 5.15. The Morgan fingerprint density at radius 3 is 2.07 bits per heavy atom. The summed E-state index contributed by atoms with van der Waals surface area (Å²) in [5.41, 5.74) is -0.237. The SMILES string of the molecule is COc1cc(C(=O)Nc2cc(F)ccc2NC(=O)OC(C)(C)C)cc(OC)c1Br. The van der Waals surface area contributed by atoms with E-state index in [1.807, 2.05) is 0 Å². The number of carbonyl (C=O) groups excluding carboxylic acids is 2. The van der Waals surface area contributed by atoms with E-state index in [0.29, 0.717) is 16.0 Å². The van der Waals surface area contributed by atoms with Crippen LogP contribution in [0, 0.1) is 5.82 Å². The molecule has 2 aromatic rings. The highest BCUT2D eigenvalue weighted by Gasteiger charge is 2.19. The van der Waals surface area contributed by atoms with Gasteiger partial charge in [0.25, 0.3) is 5.91 Å². The van der Waals surface area contributed by atoms with Crippen LogP contribution < -0.4 is 20.1 Å². The van der Waals surface area contributed by atoms with Crippen molar-refractivity contribution in [2.75, 3.05) is 24.9 Å². The number of hydrogen-bond donors (Lipinski definition) is 2. The zero-order chi connectivity index (χ0) is 21.8. The lowest BCUT2D eigenvalue weighted by atomic mass is 10.1. The van der Waals surface area contributed by atoms with E-state index in [0.717, 1.165) is 12.1 Å². The van der Waals surface area contributed by atoms with Crippen molar-refractivity contribution in [3.8, 4) is 11.5 Å². The highest BCUT2D eigenvalue weighted by Crippen LogP contribution is 2.36. The number of ether oxygens (including phenoxy) is 3. The molecule has 0 aromatic heterocycles. The lowest BCUT2D eigenvalue weighted by Crippen LogP contribution is -2.27. The van der Waals surface area contributed by atoms with Crippen molar-refractivity contribution in [2.45, 2.75) is 26.4 Å². The van der Waals surface area contributed by atoms with Crippen molar-refractivity contribution in [3.63, 3.8) is 0 Å². The van der Waals surface area contributed by atoms with Crippen LogP contribution in [0.15, 0.2) is 34.8 Å². The largest absolute Gasteiger partial charge is 0.495 e. The predicted molar refractivity (Wildman–Crippen MR) is 111 cm³/mol. The summed E-state index contributed by atoms with van der Waals surface area (Å²) in [4.78, 5) is 24.8. The van der Waals surface area contributed by atoms with E-state index >= 15 is 0 Å². The fourth-order valence-corrected chi connectivity index (χ4v) is 2.89. The second kappa shape index (κ2) is 9.13. The van der Waals surface area contributed by atoms with Gasteiger partial charge in [0.2, 0.25) is 0 Å². The number of rotatable bonds is 5. The minimum atomic E-state index is -0.730. The molecule has 0 heterocycles. The van der Waals surface area contributed by atoms with Gasteiger partial charge >= 0.3 is 6.09 Å². The van der Waals surface area contributed by atoms with Crippen LogP contribution in [0.3, 0.4) is 0 Å². The van der Waals surface area contributed by atoms with Crippen LogP contribution in [0.5, 0.6) is 11.5 Å². The Morgan fingerprint density at radius 1 is 0.966 bits per heavy atom. The number of anilines is 2. The van der Waals surface area contributed by atoms with Gasteiger partial charge in [0.05, 0.1) is 25.6 Å². The van der Waals surface area contributed by atoms with Crippen LogP contribution in [0.2, 0.25) is 0 Å². The normalized spacial score (nSPS) is 10.9. The van der Waals surface area contributed by atoms with Crippen molar-refractivity contribution in [1.82, 2.24) is 0 Å². The Kier molecular flexibility index (Phi) is 7.07. The molecule has 0 spiro atoms. The average Bonchev–Trinajstić information content (AvgIpc) is 2.62. The van der Waals surface area contributed by atoms with Crippen LogP contribution in [-0.4, -0.2) is 31.8 Å². The topological polar surface area (TPSA) is 85.9 Å². The Labute approximate surface area is 176 Å². The van der Waals surface area contributed by atoms with Crippen molar-refractivity contribution in [1.29, 1.82) is 0 Å². The molecule has 2 amide bonds. The number of carbonyl (C=O) groups is 2. The maximum absolute atomic E-state index is 13.8. The van der Waals surface area contributed by atoms with E-state index in [9.17, 15) is 14.0 Å². The van der Waals surface area contributed by atoms with Crippen molar-refractivity contribution < 1.29 is 28.2 Å². The van der Waals surface area contributed by atoms with E-state index in [4.69, 9.17) is 14.2 Å². The summed E-state index contributed by atoms with van der Waals surface area (Å²) >= 11 is 3.33. The molecule has 0 aliphatic carbocycles. The van der Waals surface area contributed by atoms with Gasteiger partial charge in [-0.05, 0) is 67.0 Å². The van der Waals surface area contributed by atoms with Gasteiger partial charge in [-0.2, -0.15) is 0 Å². The zero-order valence-electron chi connectivity index (χ0n) is 16.7. The molecule has 0 unspecified atom stereocenters. The smallest absolute Gasteiger partial charge is 0.412 e. The van der Waals surface area contributed by atoms with Crippen molar-refractivity contribution in [3.05, 3.63) is 46.2 Å². The molecule has 0 radical (unpaired) electrons. The highest BCUT2D eigenvalue weighted by molar-refractivity contribution is 9.10. The Balaban J connectivity index is 2.31. The number of benzene rings is 2. The van der Waals surface area contributed by atoms with Crippen LogP contribution in [-0.2, 0) is 4.74 Å². The summed E-state index contributed by atoms with van der Waals surface area (Å²) in [6, 6.07) is 6.59. The molecule has 0 atom stereocenters. The summed E-state index contributed by atoms with van der Waals surface area (Å²) in [7, 11) is 2.91. The lowest BCUT2D eigenvalue weighted by molar-refractivity contribution is 0.0635. The van der Waals surface area contributed by atoms with Gasteiger partial charge in [-0.25, -0.2) is 9.18 Å². The Hall–Kier alpha value is -2.81. The van der Waals surface area contributed by atoms with Gasteiger partial charge in [0.1, 0.15) is 27.4 Å². The zero-order valence-corrected chi connectivity index (χ0v) is 18.3. The third-order valence-corrected chi connectivity index (χ3v) is 4.35. The minimum Gasteiger partial charge on any atom is -0.495 e. The highest BCUT2D eigenvalue weighted by atomic mass is 79.9. The molecule has 2 aromatic carbocycles. The predicted octanol–water partition coefficient (Wildman–Crippen LogP) is 5.20. The molecule has 0 saturated heterocycles. The first-order valence-corrected chi connectivity index (χ1v) is 9.35. The maximum atomic E-state index is 13.8. The number of halogens is 2. The van der Waals surface area contributed by atoms with E-state index in [-0.39, 0.29) is 16.9 Å². The average molecular weight is 469 g/mol. The second-order valence-electron chi connectivity index (χ2n) is 6.97. The van der Waals surface area contributed by atoms with Crippen LogP contribution in [0.4, 0.5) is 20.6 Å². The van der Waals surface area contributed by atoms with Crippen LogP contribution >= 0.6 is 15.9 Å². The molecular formula is C20H22BrFN2O5. The summed E-state index contributed by atoms with van der Waals surface area (Å²) in [6.07, 6.45) is -0.730. The number of amides is 2. The molecule has 7 nitrogen and oxygen atoms in total. The lowest BCUT2D eigenvalue weighted by Gasteiger charge is -2.20. The maximum Gasteiger partial charge on any atom is 0.412 e. The molecule has 29 heavy (non-hydrogen) atoms. The van der Waals surface area contributed by atoms with E-state index < -0.39 is 23.4 Å². The number of nitrogens with one attached hydrogen (secondary N) is 2. The first-order chi connectivity index (χ1) is 13.5. The second-order valence-corrected chi connectivity index (χ2v) is 7.76. The van der Waals surface area contributed by atoms with Gasteiger partial charge in [0.15, 0.2) is 0 Å². The standard InChI is InChI=1S/C20H22BrFN2O5/c1-20(2,3)29-19(26)24-13-7-6-12(22)10-14(13)23-18(25)11-8-15(27-4)17(21)16(9-11)28-5/h6-10H,1-5H3,(H,23,25)(H,24,26). The third kappa shape index (κ3) is 6.08. The van der Waals surface area contributed by atoms with Crippen LogP contribution in [0.25, 0.3) is 0 Å². The summed E-state index contributed by atoms with van der Waals surface area (Å²) in [5, 5.41) is 5.09. The summed E-state index contributed by atoms with van der Waals surface area (Å²) in [5.74, 6) is -0.352. The Morgan fingerprint density at radius 2 is 1.55 bits per heavy atom. The fraction of sp³-hybridized carbons (Fsp3) is 0.300. The third-order valence-electron chi connectivity index (χ3n) is 3.57. The molecule has 2 N–H and O–H groups in total. The quantitative estimate of drug-likeness (QED) is 0.629. The van der Waals surface area contributed by atoms with Crippen molar-refractivity contribution in [2.24, 2.45) is 0 Å². The molecule has 0 aliphatic rings. The van der Waals surface area contributed by atoms with E-state index in [1.54, 1.807) is 20.8 Å². The fourth-order valence-electron chi connectivity index (χ4n) is 2.34. The monoisotopic (exact) mass is 468 g/mol. The molecule has 9 heteroatoms. The van der Waals surface area contributed by atoms with Gasteiger partial charge in [-0.3, -0.25) is 10.1 Å². The Bertz CT molecular complexity index is 903. The first kappa shape index (κ1) is 22.5. The molecule has 0 aliphatic heterocycles. The van der Waals surface area contributed by atoms with Gasteiger partial charge < -0.3 is 19.5 Å². The summed E-state index contributed by atoms with van der Waals surface area (Å²) < 4.78 is 30.0. The number of hydrogen-bond acceptors (Lipinski definition) is 5. The van der Waals surface area contributed by atoms with Gasteiger partial charge in [-0.1, -0.05) is 0 Å². The van der Waals surface area contributed by atoms with E-state index in [2.05, 4.69) is 26.6 Å². The minimum absolute atomic E-state index is 0.0710. The van der Waals surface area contributed by atoms with E-state index in [1.165, 1.54) is 32.4 Å². The van der Waals surface area contributed by atoms with Crippen LogP contribution in [0.1, 0.15) is 31.1 Å². The van der Waals surface area contributed by atoms with Crippen molar-refractivity contribution >= 4 is 39.3 Å². The van der Waals surface area contributed by atoms with Gasteiger partial charge in [0, 0.05) is 5.56 Å². The molecule has 156 valence electrons. The van der Waals surface area contributed by atoms with Gasteiger partial charge in [-0.15, -0.1) is 0 Å². The molecular weight excluding hydrogens is 447 g/mol. The molecule has 0 fully saturated rings. The molecule has 0 bridgehead atoms.